The summed E-state index contributed by atoms with van der Waals surface area (Å²) >= 11 is 0. The van der Waals surface area contributed by atoms with Gasteiger partial charge in [0.15, 0.2) is 0 Å². The Labute approximate surface area is 113 Å². The predicted molar refractivity (Wildman–Crippen MR) is 67.8 cm³/mol. The second-order valence-corrected chi connectivity index (χ2v) is 5.12. The molecule has 5 heteroatoms. The van der Waals surface area contributed by atoms with Crippen molar-refractivity contribution in [1.29, 1.82) is 0 Å². The molecule has 0 aromatic rings. The molecule has 2 rings (SSSR count). The fourth-order valence-corrected chi connectivity index (χ4v) is 2.28. The average molecular weight is 270 g/mol. The number of hydrogen-bond donors (Lipinski definition) is 0. The van der Waals surface area contributed by atoms with Crippen molar-refractivity contribution in [2.45, 2.75) is 57.2 Å². The van der Waals surface area contributed by atoms with Gasteiger partial charge in [-0.3, -0.25) is 9.59 Å². The van der Waals surface area contributed by atoms with Gasteiger partial charge >= 0.3 is 5.97 Å². The summed E-state index contributed by atoms with van der Waals surface area (Å²) in [5.74, 6) is -0.00508. The molecule has 0 spiro atoms. The first-order chi connectivity index (χ1) is 9.25. The first-order valence-corrected chi connectivity index (χ1v) is 7.16. The molecule has 0 N–H and O–H groups in total. The lowest BCUT2D eigenvalue weighted by Gasteiger charge is -2.05. The number of esters is 1. The molecule has 108 valence electrons. The van der Waals surface area contributed by atoms with Crippen LogP contribution in [0.4, 0.5) is 0 Å². The molecule has 2 saturated heterocycles. The molecule has 2 atom stereocenters. The summed E-state index contributed by atoms with van der Waals surface area (Å²) in [6.45, 7) is 1.72. The van der Waals surface area contributed by atoms with Gasteiger partial charge in [-0.15, -0.1) is 0 Å². The number of rotatable bonds is 0. The van der Waals surface area contributed by atoms with Crippen LogP contribution < -0.4 is 0 Å². The van der Waals surface area contributed by atoms with Crippen LogP contribution >= 0.6 is 0 Å². The highest BCUT2D eigenvalue weighted by Crippen LogP contribution is 2.28. The first kappa shape index (κ1) is 14.5. The van der Waals surface area contributed by atoms with Crippen molar-refractivity contribution in [3.63, 3.8) is 0 Å². The minimum Gasteiger partial charge on any atom is -0.466 e. The Bertz CT molecular complexity index is 315. The van der Waals surface area contributed by atoms with Crippen LogP contribution in [0.15, 0.2) is 0 Å². The number of Topliss-reactive ketones (excluding diaryl/α,β-unsaturated/α-hetero) is 1. The molecule has 0 radical (unpaired) electrons. The Morgan fingerprint density at radius 3 is 2.42 bits per heavy atom. The average Bonchev–Trinajstić information content (AvgIpc) is 3.11. The molecular formula is C14H22O5. The highest BCUT2D eigenvalue weighted by atomic mass is 16.6. The van der Waals surface area contributed by atoms with E-state index in [4.69, 9.17) is 14.2 Å². The Hall–Kier alpha value is -0.940. The van der Waals surface area contributed by atoms with Gasteiger partial charge in [-0.1, -0.05) is 0 Å². The summed E-state index contributed by atoms with van der Waals surface area (Å²) in [7, 11) is 0. The zero-order valence-electron chi connectivity index (χ0n) is 11.3. The van der Waals surface area contributed by atoms with E-state index < -0.39 is 0 Å². The molecule has 19 heavy (non-hydrogen) atoms. The van der Waals surface area contributed by atoms with Gasteiger partial charge < -0.3 is 14.2 Å². The van der Waals surface area contributed by atoms with E-state index in [1.807, 2.05) is 0 Å². The maximum Gasteiger partial charge on any atom is 0.305 e. The topological polar surface area (TPSA) is 65.1 Å². The van der Waals surface area contributed by atoms with E-state index in [-0.39, 0.29) is 24.0 Å². The highest BCUT2D eigenvalue weighted by Gasteiger charge is 2.37. The maximum absolute atomic E-state index is 11.5. The van der Waals surface area contributed by atoms with Crippen molar-refractivity contribution in [3.8, 4) is 0 Å². The molecule has 2 aliphatic rings. The Kier molecular flexibility index (Phi) is 5.79. The number of ether oxygens (including phenoxy) is 3. The normalized spacial score (nSPS) is 31.4. The third-order valence-electron chi connectivity index (χ3n) is 3.48. The van der Waals surface area contributed by atoms with Crippen molar-refractivity contribution in [3.05, 3.63) is 0 Å². The van der Waals surface area contributed by atoms with E-state index in [0.29, 0.717) is 45.5 Å². The summed E-state index contributed by atoms with van der Waals surface area (Å²) < 4.78 is 16.1. The maximum atomic E-state index is 11.5. The zero-order chi connectivity index (χ0) is 13.5. The summed E-state index contributed by atoms with van der Waals surface area (Å²) in [5.41, 5.74) is 0. The van der Waals surface area contributed by atoms with E-state index in [1.54, 1.807) is 0 Å². The summed E-state index contributed by atoms with van der Waals surface area (Å²) in [6.07, 6.45) is 4.80. The Morgan fingerprint density at radius 2 is 1.58 bits per heavy atom. The third-order valence-corrected chi connectivity index (χ3v) is 3.48. The second-order valence-electron chi connectivity index (χ2n) is 5.12. The number of ketones is 1. The summed E-state index contributed by atoms with van der Waals surface area (Å²) in [4.78, 5) is 22.9. The molecule has 0 amide bonds. The van der Waals surface area contributed by atoms with Gasteiger partial charge in [0, 0.05) is 38.9 Å². The minimum atomic E-state index is -0.208. The van der Waals surface area contributed by atoms with Gasteiger partial charge in [-0.25, -0.2) is 0 Å². The molecule has 0 bridgehead atoms. The number of cyclic esters (lactones) is 1. The van der Waals surface area contributed by atoms with E-state index >= 15 is 0 Å². The van der Waals surface area contributed by atoms with Gasteiger partial charge in [0.2, 0.25) is 0 Å². The number of epoxide rings is 1. The van der Waals surface area contributed by atoms with E-state index in [9.17, 15) is 9.59 Å². The number of carbonyl (C=O) groups excluding carboxylic acids is 2. The zero-order valence-corrected chi connectivity index (χ0v) is 11.3. The minimum absolute atomic E-state index is 0.203. The quantitative estimate of drug-likeness (QED) is 0.494. The predicted octanol–water partition coefficient (Wildman–Crippen LogP) is 1.63. The van der Waals surface area contributed by atoms with E-state index in [2.05, 4.69) is 0 Å². The number of hydrogen-bond acceptors (Lipinski definition) is 5. The molecule has 2 aliphatic heterocycles. The molecule has 5 nitrogen and oxygen atoms in total. The van der Waals surface area contributed by atoms with Crippen molar-refractivity contribution in [2.24, 2.45) is 0 Å². The lowest BCUT2D eigenvalue weighted by Crippen LogP contribution is -2.11. The molecule has 0 saturated carbocycles. The molecule has 0 aliphatic carbocycles. The van der Waals surface area contributed by atoms with Gasteiger partial charge in [0.05, 0.1) is 18.8 Å². The first-order valence-electron chi connectivity index (χ1n) is 7.16. The van der Waals surface area contributed by atoms with Gasteiger partial charge in [-0.05, 0) is 19.3 Å². The van der Waals surface area contributed by atoms with Crippen LogP contribution in [0.1, 0.15) is 44.9 Å². The Morgan fingerprint density at radius 1 is 0.842 bits per heavy atom. The molecule has 0 aromatic heterocycles. The second kappa shape index (κ2) is 7.60. The van der Waals surface area contributed by atoms with Gasteiger partial charge in [0.1, 0.15) is 5.78 Å². The van der Waals surface area contributed by atoms with E-state index in [0.717, 1.165) is 19.3 Å². The number of carbonyl (C=O) groups is 2. The number of fused-ring (bicyclic) bond motifs is 1. The smallest absolute Gasteiger partial charge is 0.305 e. The largest absolute Gasteiger partial charge is 0.466 e. The van der Waals surface area contributed by atoms with Crippen LogP contribution in [-0.2, 0) is 23.8 Å². The summed E-state index contributed by atoms with van der Waals surface area (Å²) in [5, 5.41) is 0. The molecule has 2 heterocycles. The fourth-order valence-electron chi connectivity index (χ4n) is 2.28. The van der Waals surface area contributed by atoms with Crippen molar-refractivity contribution >= 4 is 11.8 Å². The molecule has 2 fully saturated rings. The van der Waals surface area contributed by atoms with Gasteiger partial charge in [-0.2, -0.15) is 0 Å². The van der Waals surface area contributed by atoms with Crippen molar-refractivity contribution in [2.75, 3.05) is 19.8 Å². The monoisotopic (exact) mass is 270 g/mol. The molecule has 2 unspecified atom stereocenters. The lowest BCUT2D eigenvalue weighted by molar-refractivity contribution is -0.144. The molecular weight excluding hydrogens is 248 g/mol. The summed E-state index contributed by atoms with van der Waals surface area (Å²) in [6, 6.07) is 0. The fraction of sp³-hybridized carbons (Fsp3) is 0.857. The highest BCUT2D eigenvalue weighted by molar-refractivity contribution is 5.79. The Balaban J connectivity index is 1.71. The van der Waals surface area contributed by atoms with Crippen LogP contribution in [0.25, 0.3) is 0 Å². The van der Waals surface area contributed by atoms with Crippen LogP contribution in [0.3, 0.4) is 0 Å². The van der Waals surface area contributed by atoms with Crippen LogP contribution in [-0.4, -0.2) is 43.8 Å². The SMILES string of the molecule is O=C1CCCOCCC2OC2CCOC(=O)CCC1. The van der Waals surface area contributed by atoms with Crippen LogP contribution in [0, 0.1) is 0 Å². The van der Waals surface area contributed by atoms with E-state index in [1.165, 1.54) is 0 Å². The molecule has 0 aromatic carbocycles. The van der Waals surface area contributed by atoms with Crippen molar-refractivity contribution in [1.82, 2.24) is 0 Å². The lowest BCUT2D eigenvalue weighted by atomic mass is 10.1. The van der Waals surface area contributed by atoms with Crippen LogP contribution in [0.5, 0.6) is 0 Å². The van der Waals surface area contributed by atoms with Gasteiger partial charge in [0.25, 0.3) is 0 Å². The third kappa shape index (κ3) is 5.70. The van der Waals surface area contributed by atoms with Crippen molar-refractivity contribution < 1.29 is 23.8 Å². The standard InChI is InChI=1S/C14H22O5/c15-11-3-1-5-14(16)18-10-7-13-12(19-13)6-9-17-8-2-4-11/h12-13H,1-10H2. The van der Waals surface area contributed by atoms with Crippen LogP contribution in [0.2, 0.25) is 0 Å².